The fraction of sp³-hybridized carbons (Fsp3) is 0.500. The fourth-order valence-electron chi connectivity index (χ4n) is 1.64. The van der Waals surface area contributed by atoms with Gasteiger partial charge in [0.15, 0.2) is 0 Å². The van der Waals surface area contributed by atoms with Gasteiger partial charge in [-0.15, -0.1) is 0 Å². The van der Waals surface area contributed by atoms with Crippen LogP contribution in [-0.2, 0) is 0 Å². The van der Waals surface area contributed by atoms with E-state index in [0.717, 1.165) is 8.95 Å². The van der Waals surface area contributed by atoms with Crippen LogP contribution in [0.2, 0.25) is 0 Å². The lowest BCUT2D eigenvalue weighted by atomic mass is 10.0. The first kappa shape index (κ1) is 11.5. The quantitative estimate of drug-likeness (QED) is 0.837. The summed E-state index contributed by atoms with van der Waals surface area (Å²) in [6.45, 7) is 4.61. The molecule has 3 heteroatoms. The van der Waals surface area contributed by atoms with Gasteiger partial charge in [0.2, 0.25) is 0 Å². The summed E-state index contributed by atoms with van der Waals surface area (Å²) in [6, 6.07) is 6.78. The van der Waals surface area contributed by atoms with E-state index in [-0.39, 0.29) is 0 Å². The molecule has 1 atom stereocenters. The molecule has 0 saturated heterocycles. The summed E-state index contributed by atoms with van der Waals surface area (Å²) >= 11 is 7.03. The monoisotopic (exact) mass is 331 g/mol. The lowest BCUT2D eigenvalue weighted by Gasteiger charge is -2.22. The van der Waals surface area contributed by atoms with Crippen molar-refractivity contribution in [2.75, 3.05) is 5.32 Å². The van der Waals surface area contributed by atoms with Crippen molar-refractivity contribution in [3.05, 3.63) is 27.1 Å². The molecule has 1 aliphatic carbocycles. The second kappa shape index (κ2) is 4.10. The molecule has 1 N–H and O–H groups in total. The highest BCUT2D eigenvalue weighted by Crippen LogP contribution is 2.49. The van der Waals surface area contributed by atoms with Gasteiger partial charge < -0.3 is 5.32 Å². The van der Waals surface area contributed by atoms with Crippen molar-refractivity contribution in [2.45, 2.75) is 32.7 Å². The number of benzene rings is 1. The van der Waals surface area contributed by atoms with Gasteiger partial charge in [-0.3, -0.25) is 0 Å². The first-order chi connectivity index (χ1) is 7.01. The zero-order valence-corrected chi connectivity index (χ0v) is 12.2. The van der Waals surface area contributed by atoms with Crippen LogP contribution in [0.3, 0.4) is 0 Å². The highest BCUT2D eigenvalue weighted by molar-refractivity contribution is 9.11. The Labute approximate surface area is 108 Å². The smallest absolute Gasteiger partial charge is 0.0487 e. The minimum atomic E-state index is 0.506. The zero-order valence-electron chi connectivity index (χ0n) is 8.98. The Morgan fingerprint density at radius 2 is 2.00 bits per heavy atom. The number of hydrogen-bond donors (Lipinski definition) is 1. The molecule has 1 unspecified atom stereocenters. The number of rotatable bonds is 3. The Balaban J connectivity index is 2.10. The van der Waals surface area contributed by atoms with Gasteiger partial charge in [0, 0.05) is 20.7 Å². The number of hydrogen-bond acceptors (Lipinski definition) is 1. The molecule has 1 aromatic rings. The predicted molar refractivity (Wildman–Crippen MR) is 72.3 cm³/mol. The van der Waals surface area contributed by atoms with Crippen LogP contribution in [0, 0.1) is 5.41 Å². The van der Waals surface area contributed by atoms with Crippen LogP contribution in [0.25, 0.3) is 0 Å². The number of halogens is 2. The Morgan fingerprint density at radius 3 is 2.53 bits per heavy atom. The van der Waals surface area contributed by atoms with E-state index in [4.69, 9.17) is 0 Å². The average molecular weight is 333 g/mol. The average Bonchev–Trinajstić information content (AvgIpc) is 2.90. The highest BCUT2D eigenvalue weighted by Gasteiger charge is 2.42. The maximum Gasteiger partial charge on any atom is 0.0487 e. The topological polar surface area (TPSA) is 12.0 Å². The Morgan fingerprint density at radius 1 is 1.33 bits per heavy atom. The Hall–Kier alpha value is -0.0200. The Kier molecular flexibility index (Phi) is 3.13. The van der Waals surface area contributed by atoms with E-state index in [2.05, 4.69) is 69.2 Å². The van der Waals surface area contributed by atoms with Crippen molar-refractivity contribution in [1.29, 1.82) is 0 Å². The summed E-state index contributed by atoms with van der Waals surface area (Å²) in [6.07, 6.45) is 2.69. The molecule has 1 saturated carbocycles. The third-order valence-corrected chi connectivity index (χ3v) is 4.54. The molecule has 0 spiro atoms. The van der Waals surface area contributed by atoms with Gasteiger partial charge in [0.05, 0.1) is 0 Å². The molecule has 0 radical (unpaired) electrons. The van der Waals surface area contributed by atoms with Gasteiger partial charge >= 0.3 is 0 Å². The fourth-order valence-corrected chi connectivity index (χ4v) is 2.81. The summed E-state index contributed by atoms with van der Waals surface area (Å²) in [4.78, 5) is 0. The first-order valence-electron chi connectivity index (χ1n) is 5.23. The highest BCUT2D eigenvalue weighted by atomic mass is 79.9. The maximum atomic E-state index is 3.57. The van der Waals surface area contributed by atoms with Crippen LogP contribution < -0.4 is 5.32 Å². The molecular weight excluding hydrogens is 318 g/mol. The third kappa shape index (κ3) is 2.56. The minimum Gasteiger partial charge on any atom is -0.381 e. The molecule has 1 fully saturated rings. The van der Waals surface area contributed by atoms with Crippen LogP contribution in [0.4, 0.5) is 5.69 Å². The Bertz CT molecular complexity index is 372. The lowest BCUT2D eigenvalue weighted by Crippen LogP contribution is -2.25. The zero-order chi connectivity index (χ0) is 11.1. The molecular formula is C12H15Br2N. The van der Waals surface area contributed by atoms with Crippen LogP contribution in [0.5, 0.6) is 0 Å². The van der Waals surface area contributed by atoms with Crippen LogP contribution in [0.1, 0.15) is 26.7 Å². The van der Waals surface area contributed by atoms with Crippen molar-refractivity contribution < 1.29 is 0 Å². The summed E-state index contributed by atoms with van der Waals surface area (Å²) in [5, 5.41) is 3.57. The molecule has 0 heterocycles. The third-order valence-electron chi connectivity index (χ3n) is 3.39. The molecule has 2 rings (SSSR count). The van der Waals surface area contributed by atoms with Crippen molar-refractivity contribution in [1.82, 2.24) is 0 Å². The van der Waals surface area contributed by atoms with E-state index in [1.54, 1.807) is 0 Å². The summed E-state index contributed by atoms with van der Waals surface area (Å²) in [5.74, 6) is 0. The molecule has 0 aromatic heterocycles. The molecule has 82 valence electrons. The summed E-state index contributed by atoms with van der Waals surface area (Å²) < 4.78 is 2.22. The molecule has 0 bridgehead atoms. The van der Waals surface area contributed by atoms with E-state index in [1.165, 1.54) is 18.5 Å². The van der Waals surface area contributed by atoms with Crippen molar-refractivity contribution >= 4 is 37.5 Å². The standard InChI is InChI=1S/C12H15Br2N/c1-8(12(2)5-6-12)15-11-4-3-9(13)7-10(11)14/h3-4,7-8,15H,5-6H2,1-2H3. The summed E-state index contributed by atoms with van der Waals surface area (Å²) in [7, 11) is 0. The molecule has 1 aliphatic rings. The molecule has 0 amide bonds. The van der Waals surface area contributed by atoms with E-state index in [9.17, 15) is 0 Å². The van der Waals surface area contributed by atoms with Gasteiger partial charge in [-0.2, -0.15) is 0 Å². The van der Waals surface area contributed by atoms with Crippen molar-refractivity contribution in [3.63, 3.8) is 0 Å². The van der Waals surface area contributed by atoms with Gasteiger partial charge in [-0.25, -0.2) is 0 Å². The van der Waals surface area contributed by atoms with Crippen LogP contribution in [0.15, 0.2) is 27.1 Å². The van der Waals surface area contributed by atoms with Gasteiger partial charge in [0.1, 0.15) is 0 Å². The largest absolute Gasteiger partial charge is 0.381 e. The molecule has 1 nitrogen and oxygen atoms in total. The van der Waals surface area contributed by atoms with E-state index in [0.29, 0.717) is 11.5 Å². The summed E-state index contributed by atoms with van der Waals surface area (Å²) in [5.41, 5.74) is 1.69. The van der Waals surface area contributed by atoms with E-state index in [1.807, 2.05) is 0 Å². The molecule has 15 heavy (non-hydrogen) atoms. The van der Waals surface area contributed by atoms with Gasteiger partial charge in [-0.1, -0.05) is 22.9 Å². The normalized spacial score (nSPS) is 19.7. The molecule has 1 aromatic carbocycles. The van der Waals surface area contributed by atoms with E-state index >= 15 is 0 Å². The number of nitrogens with one attached hydrogen (secondary N) is 1. The van der Waals surface area contributed by atoms with Crippen LogP contribution >= 0.6 is 31.9 Å². The SMILES string of the molecule is CC(Nc1ccc(Br)cc1Br)C1(C)CC1. The van der Waals surface area contributed by atoms with Gasteiger partial charge in [0.25, 0.3) is 0 Å². The predicted octanol–water partition coefficient (Wildman–Crippen LogP) is 4.81. The maximum absolute atomic E-state index is 3.57. The second-order valence-electron chi connectivity index (χ2n) is 4.64. The van der Waals surface area contributed by atoms with Gasteiger partial charge in [-0.05, 0) is 59.3 Å². The van der Waals surface area contributed by atoms with Crippen LogP contribution in [-0.4, -0.2) is 6.04 Å². The number of anilines is 1. The van der Waals surface area contributed by atoms with Crippen molar-refractivity contribution in [3.8, 4) is 0 Å². The lowest BCUT2D eigenvalue weighted by molar-refractivity contribution is 0.493. The van der Waals surface area contributed by atoms with Crippen molar-refractivity contribution in [2.24, 2.45) is 5.41 Å². The van der Waals surface area contributed by atoms with E-state index < -0.39 is 0 Å². The first-order valence-corrected chi connectivity index (χ1v) is 6.81. The minimum absolute atomic E-state index is 0.506. The second-order valence-corrected chi connectivity index (χ2v) is 6.41. The molecule has 0 aliphatic heterocycles.